The van der Waals surface area contributed by atoms with Crippen LogP contribution in [0.2, 0.25) is 0 Å². The van der Waals surface area contributed by atoms with Crippen LogP contribution in [0.25, 0.3) is 17.2 Å². The largest absolute Gasteiger partial charge is 0.330 e. The predicted molar refractivity (Wildman–Crippen MR) is 64.6 cm³/mol. The first kappa shape index (κ1) is 10.3. The Balaban J connectivity index is 2.07. The summed E-state index contributed by atoms with van der Waals surface area (Å²) < 4.78 is 1.87. The number of hydrogen-bond donors (Lipinski definition) is 1. The van der Waals surface area contributed by atoms with Crippen LogP contribution in [0.15, 0.2) is 24.0 Å². The van der Waals surface area contributed by atoms with Gasteiger partial charge in [-0.05, 0) is 6.54 Å². The van der Waals surface area contributed by atoms with Gasteiger partial charge in [-0.25, -0.2) is 4.98 Å². The molecule has 0 atom stereocenters. The second-order valence-corrected chi connectivity index (χ2v) is 4.44. The van der Waals surface area contributed by atoms with Crippen molar-refractivity contribution in [1.82, 2.24) is 24.6 Å². The van der Waals surface area contributed by atoms with Gasteiger partial charge in [0.1, 0.15) is 5.69 Å². The molecule has 0 unspecified atom stereocenters. The Morgan fingerprint density at radius 1 is 1.35 bits per heavy atom. The third kappa shape index (κ3) is 1.79. The molecule has 0 fully saturated rings. The maximum Gasteiger partial charge on any atom is 0.187 e. The van der Waals surface area contributed by atoms with Crippen molar-refractivity contribution in [2.75, 3.05) is 6.54 Å². The van der Waals surface area contributed by atoms with Gasteiger partial charge in [-0.3, -0.25) is 9.38 Å². The second kappa shape index (κ2) is 4.19. The van der Waals surface area contributed by atoms with Crippen molar-refractivity contribution in [3.63, 3.8) is 0 Å². The van der Waals surface area contributed by atoms with E-state index in [1.165, 1.54) is 0 Å². The topological polar surface area (TPSA) is 82.0 Å². The summed E-state index contributed by atoms with van der Waals surface area (Å²) in [5.74, 6) is 0.738. The summed E-state index contributed by atoms with van der Waals surface area (Å²) in [7, 11) is 0. The molecule has 0 aromatic carbocycles. The van der Waals surface area contributed by atoms with E-state index in [2.05, 4.69) is 20.2 Å². The summed E-state index contributed by atoms with van der Waals surface area (Å²) in [6, 6.07) is 0. The lowest BCUT2D eigenvalue weighted by Gasteiger charge is -1.94. The molecule has 0 amide bonds. The van der Waals surface area contributed by atoms with Gasteiger partial charge in [0, 0.05) is 24.2 Å². The van der Waals surface area contributed by atoms with E-state index in [9.17, 15) is 0 Å². The van der Waals surface area contributed by atoms with E-state index in [4.69, 9.17) is 5.73 Å². The first-order valence-electron chi connectivity index (χ1n) is 5.18. The van der Waals surface area contributed by atoms with Crippen LogP contribution in [0, 0.1) is 0 Å². The van der Waals surface area contributed by atoms with E-state index >= 15 is 0 Å². The normalized spacial score (nSPS) is 11.1. The lowest BCUT2D eigenvalue weighted by Crippen LogP contribution is -2.02. The smallest absolute Gasteiger partial charge is 0.187 e. The van der Waals surface area contributed by atoms with Crippen LogP contribution in [-0.4, -0.2) is 31.1 Å². The van der Waals surface area contributed by atoms with Gasteiger partial charge in [0.2, 0.25) is 0 Å². The highest BCUT2D eigenvalue weighted by atomic mass is 32.1. The number of aromatic nitrogens is 5. The Morgan fingerprint density at radius 2 is 2.29 bits per heavy atom. The Morgan fingerprint density at radius 3 is 3.18 bits per heavy atom. The Kier molecular flexibility index (Phi) is 2.54. The van der Waals surface area contributed by atoms with Gasteiger partial charge >= 0.3 is 0 Å². The van der Waals surface area contributed by atoms with Crippen LogP contribution in [0.5, 0.6) is 0 Å². The fraction of sp³-hybridized carbons (Fsp3) is 0.200. The molecule has 0 aliphatic rings. The first-order chi connectivity index (χ1) is 8.38. The molecule has 7 heteroatoms. The van der Waals surface area contributed by atoms with Gasteiger partial charge < -0.3 is 5.73 Å². The van der Waals surface area contributed by atoms with Gasteiger partial charge in [-0.2, -0.15) is 0 Å². The van der Waals surface area contributed by atoms with Crippen LogP contribution in [-0.2, 0) is 6.42 Å². The van der Waals surface area contributed by atoms with Crippen molar-refractivity contribution < 1.29 is 0 Å². The van der Waals surface area contributed by atoms with Crippen molar-refractivity contribution in [3.05, 3.63) is 29.0 Å². The maximum absolute atomic E-state index is 5.50. The lowest BCUT2D eigenvalue weighted by atomic mass is 10.4. The molecular formula is C10H10N6S. The van der Waals surface area contributed by atoms with E-state index in [0.29, 0.717) is 6.54 Å². The standard InChI is InChI=1S/C10H10N6S/c11-2-1-9-13-7(6-17-9)10-15-14-8-5-12-3-4-16(8)10/h3-6H,1-2,11H2. The Labute approximate surface area is 101 Å². The van der Waals surface area contributed by atoms with Gasteiger partial charge in [-0.15, -0.1) is 21.5 Å². The van der Waals surface area contributed by atoms with Crippen molar-refractivity contribution >= 4 is 17.0 Å². The highest BCUT2D eigenvalue weighted by Gasteiger charge is 2.11. The lowest BCUT2D eigenvalue weighted by molar-refractivity contribution is 0.950. The molecule has 0 saturated carbocycles. The Hall–Kier alpha value is -1.86. The molecule has 0 radical (unpaired) electrons. The number of hydrogen-bond acceptors (Lipinski definition) is 6. The number of thiazole rings is 1. The van der Waals surface area contributed by atoms with Crippen molar-refractivity contribution in [3.8, 4) is 11.5 Å². The minimum absolute atomic E-state index is 0.609. The highest BCUT2D eigenvalue weighted by Crippen LogP contribution is 2.20. The fourth-order valence-corrected chi connectivity index (χ4v) is 2.37. The summed E-state index contributed by atoms with van der Waals surface area (Å²) in [4.78, 5) is 8.48. The second-order valence-electron chi connectivity index (χ2n) is 3.49. The van der Waals surface area contributed by atoms with Gasteiger partial charge in [-0.1, -0.05) is 0 Å². The molecule has 0 aliphatic heterocycles. The molecule has 3 aromatic rings. The number of rotatable bonds is 3. The zero-order valence-corrected chi connectivity index (χ0v) is 9.76. The van der Waals surface area contributed by atoms with Crippen molar-refractivity contribution in [2.45, 2.75) is 6.42 Å². The van der Waals surface area contributed by atoms with Gasteiger partial charge in [0.15, 0.2) is 11.5 Å². The summed E-state index contributed by atoms with van der Waals surface area (Å²) in [5, 5.41) is 11.2. The van der Waals surface area contributed by atoms with Crippen LogP contribution < -0.4 is 5.73 Å². The van der Waals surface area contributed by atoms with E-state index in [-0.39, 0.29) is 0 Å². The maximum atomic E-state index is 5.50. The Bertz CT molecular complexity index is 643. The molecule has 0 saturated heterocycles. The monoisotopic (exact) mass is 246 g/mol. The fourth-order valence-electron chi connectivity index (χ4n) is 1.58. The zero-order valence-electron chi connectivity index (χ0n) is 8.95. The average Bonchev–Trinajstić information content (AvgIpc) is 2.95. The van der Waals surface area contributed by atoms with Crippen molar-refractivity contribution in [1.29, 1.82) is 0 Å². The summed E-state index contributed by atoms with van der Waals surface area (Å²) in [6.45, 7) is 0.609. The minimum atomic E-state index is 0.609. The summed E-state index contributed by atoms with van der Waals surface area (Å²) in [5.41, 5.74) is 7.05. The molecule has 0 bridgehead atoms. The average molecular weight is 246 g/mol. The van der Waals surface area contributed by atoms with E-state index in [1.807, 2.05) is 16.0 Å². The molecule has 0 aliphatic carbocycles. The molecule has 17 heavy (non-hydrogen) atoms. The minimum Gasteiger partial charge on any atom is -0.330 e. The predicted octanol–water partition coefficient (Wildman–Crippen LogP) is 0.749. The summed E-state index contributed by atoms with van der Waals surface area (Å²) >= 11 is 1.59. The molecule has 3 aromatic heterocycles. The molecule has 86 valence electrons. The number of nitrogens with two attached hydrogens (primary N) is 1. The third-order valence-corrected chi connectivity index (χ3v) is 3.26. The highest BCUT2D eigenvalue weighted by molar-refractivity contribution is 7.09. The molecule has 6 nitrogen and oxygen atoms in total. The zero-order chi connectivity index (χ0) is 11.7. The number of fused-ring (bicyclic) bond motifs is 1. The van der Waals surface area contributed by atoms with E-state index < -0.39 is 0 Å². The molecule has 0 spiro atoms. The molecule has 3 rings (SSSR count). The molecule has 2 N–H and O–H groups in total. The number of nitrogens with zero attached hydrogens (tertiary/aromatic N) is 5. The van der Waals surface area contributed by atoms with Crippen LogP contribution in [0.4, 0.5) is 0 Å². The first-order valence-corrected chi connectivity index (χ1v) is 6.06. The van der Waals surface area contributed by atoms with Crippen LogP contribution in [0.3, 0.4) is 0 Å². The van der Waals surface area contributed by atoms with Crippen LogP contribution >= 0.6 is 11.3 Å². The van der Waals surface area contributed by atoms with Gasteiger partial charge in [0.05, 0.1) is 11.2 Å². The third-order valence-electron chi connectivity index (χ3n) is 2.35. The van der Waals surface area contributed by atoms with Crippen molar-refractivity contribution in [2.24, 2.45) is 5.73 Å². The summed E-state index contributed by atoms with van der Waals surface area (Å²) in [6.07, 6.45) is 5.99. The van der Waals surface area contributed by atoms with Gasteiger partial charge in [0.25, 0.3) is 0 Å². The quantitative estimate of drug-likeness (QED) is 0.737. The molecular weight excluding hydrogens is 236 g/mol. The van der Waals surface area contributed by atoms with Crippen LogP contribution in [0.1, 0.15) is 5.01 Å². The van der Waals surface area contributed by atoms with E-state index in [1.54, 1.807) is 23.7 Å². The SMILES string of the molecule is NCCc1nc(-c2nnc3cnccn23)cs1. The molecule has 3 heterocycles. The van der Waals surface area contributed by atoms with E-state index in [0.717, 1.165) is 28.6 Å².